The molecular formula is C13H18BrNO4. The van der Waals surface area contributed by atoms with E-state index in [4.69, 9.17) is 14.2 Å². The van der Waals surface area contributed by atoms with Gasteiger partial charge in [-0.3, -0.25) is 5.32 Å². The number of halogens is 1. The Kier molecular flexibility index (Phi) is 6.66. The topological polar surface area (TPSA) is 56.8 Å². The zero-order valence-corrected chi connectivity index (χ0v) is 12.8. The fraction of sp³-hybridized carbons (Fsp3) is 0.462. The van der Waals surface area contributed by atoms with Crippen LogP contribution < -0.4 is 10.1 Å². The molecular weight excluding hydrogens is 314 g/mol. The monoisotopic (exact) mass is 331 g/mol. The van der Waals surface area contributed by atoms with Crippen LogP contribution in [-0.4, -0.2) is 32.5 Å². The van der Waals surface area contributed by atoms with E-state index in [1.807, 2.05) is 0 Å². The molecule has 1 N–H and O–H groups in total. The summed E-state index contributed by atoms with van der Waals surface area (Å²) in [6.07, 6.45) is -0.645. The van der Waals surface area contributed by atoms with Crippen molar-refractivity contribution in [3.63, 3.8) is 0 Å². The standard InChI is InChI=1S/C13H18BrNO4/c1-9(2)19-13(16)15-10-4-5-11(14)12(8-10)18-7-6-17-3/h4-5,8-9H,6-7H2,1-3H3,(H,15,16). The molecule has 6 heteroatoms. The Morgan fingerprint density at radius 1 is 1.37 bits per heavy atom. The summed E-state index contributed by atoms with van der Waals surface area (Å²) in [4.78, 5) is 11.5. The van der Waals surface area contributed by atoms with Gasteiger partial charge in [0.2, 0.25) is 0 Å². The molecule has 1 aromatic carbocycles. The Morgan fingerprint density at radius 2 is 2.11 bits per heavy atom. The first-order valence-corrected chi connectivity index (χ1v) is 6.71. The molecule has 106 valence electrons. The Bertz CT molecular complexity index is 423. The van der Waals surface area contributed by atoms with Crippen LogP contribution in [0.2, 0.25) is 0 Å². The summed E-state index contributed by atoms with van der Waals surface area (Å²) in [5.41, 5.74) is 0.612. The maximum absolute atomic E-state index is 11.5. The minimum atomic E-state index is -0.486. The van der Waals surface area contributed by atoms with Gasteiger partial charge in [-0.1, -0.05) is 0 Å². The minimum Gasteiger partial charge on any atom is -0.490 e. The van der Waals surface area contributed by atoms with Gasteiger partial charge in [0.05, 0.1) is 17.2 Å². The highest BCUT2D eigenvalue weighted by Gasteiger charge is 2.08. The van der Waals surface area contributed by atoms with Gasteiger partial charge >= 0.3 is 6.09 Å². The maximum Gasteiger partial charge on any atom is 0.411 e. The Hall–Kier alpha value is -1.27. The van der Waals surface area contributed by atoms with E-state index in [1.165, 1.54) is 0 Å². The normalized spacial score (nSPS) is 10.4. The quantitative estimate of drug-likeness (QED) is 0.811. The van der Waals surface area contributed by atoms with E-state index in [9.17, 15) is 4.79 Å². The zero-order valence-electron chi connectivity index (χ0n) is 11.2. The van der Waals surface area contributed by atoms with Crippen LogP contribution in [0.4, 0.5) is 10.5 Å². The lowest BCUT2D eigenvalue weighted by Gasteiger charge is -2.12. The van der Waals surface area contributed by atoms with Gasteiger partial charge in [0.15, 0.2) is 0 Å². The van der Waals surface area contributed by atoms with Crippen LogP contribution in [0, 0.1) is 0 Å². The minimum absolute atomic E-state index is 0.159. The molecule has 0 atom stereocenters. The number of nitrogens with one attached hydrogen (secondary N) is 1. The van der Waals surface area contributed by atoms with Gasteiger partial charge in [-0.25, -0.2) is 4.79 Å². The fourth-order valence-electron chi connectivity index (χ4n) is 1.29. The van der Waals surface area contributed by atoms with Gasteiger partial charge in [-0.15, -0.1) is 0 Å². The maximum atomic E-state index is 11.5. The largest absolute Gasteiger partial charge is 0.490 e. The number of benzene rings is 1. The first kappa shape index (κ1) is 15.8. The Balaban J connectivity index is 2.64. The molecule has 0 aliphatic heterocycles. The SMILES string of the molecule is COCCOc1cc(NC(=O)OC(C)C)ccc1Br. The van der Waals surface area contributed by atoms with Gasteiger partial charge in [-0.05, 0) is 41.9 Å². The average Bonchev–Trinajstić information content (AvgIpc) is 2.32. The van der Waals surface area contributed by atoms with Crippen LogP contribution in [0.5, 0.6) is 5.75 Å². The van der Waals surface area contributed by atoms with Crippen LogP contribution in [-0.2, 0) is 9.47 Å². The first-order chi connectivity index (χ1) is 9.02. The molecule has 0 saturated heterocycles. The number of ether oxygens (including phenoxy) is 3. The van der Waals surface area contributed by atoms with Crippen molar-refractivity contribution in [3.8, 4) is 5.75 Å². The predicted octanol–water partition coefficient (Wildman–Crippen LogP) is 3.43. The molecule has 5 nitrogen and oxygen atoms in total. The molecule has 0 fully saturated rings. The van der Waals surface area contributed by atoms with Crippen molar-refractivity contribution in [2.75, 3.05) is 25.6 Å². The predicted molar refractivity (Wildman–Crippen MR) is 76.8 cm³/mol. The van der Waals surface area contributed by atoms with Gasteiger partial charge in [-0.2, -0.15) is 0 Å². The number of methoxy groups -OCH3 is 1. The third kappa shape index (κ3) is 5.94. The third-order valence-electron chi connectivity index (χ3n) is 2.07. The molecule has 1 amide bonds. The van der Waals surface area contributed by atoms with Crippen LogP contribution in [0.15, 0.2) is 22.7 Å². The van der Waals surface area contributed by atoms with Crippen molar-refractivity contribution in [2.45, 2.75) is 20.0 Å². The summed E-state index contributed by atoms with van der Waals surface area (Å²) in [7, 11) is 1.61. The molecule has 0 unspecified atom stereocenters. The zero-order chi connectivity index (χ0) is 14.3. The van der Waals surface area contributed by atoms with Crippen molar-refractivity contribution >= 4 is 27.7 Å². The third-order valence-corrected chi connectivity index (χ3v) is 2.72. The van der Waals surface area contributed by atoms with E-state index in [0.717, 1.165) is 4.47 Å². The summed E-state index contributed by atoms with van der Waals surface area (Å²) >= 11 is 3.38. The van der Waals surface area contributed by atoms with Crippen LogP contribution in [0.25, 0.3) is 0 Å². The lowest BCUT2D eigenvalue weighted by atomic mass is 10.3. The second kappa shape index (κ2) is 8.01. The molecule has 0 spiro atoms. The number of rotatable bonds is 6. The number of anilines is 1. The van der Waals surface area contributed by atoms with E-state index in [-0.39, 0.29) is 6.10 Å². The highest BCUT2D eigenvalue weighted by molar-refractivity contribution is 9.10. The molecule has 1 rings (SSSR count). The Labute approximate surface area is 121 Å². The van der Waals surface area contributed by atoms with Crippen molar-refractivity contribution in [2.24, 2.45) is 0 Å². The summed E-state index contributed by atoms with van der Waals surface area (Å²) in [5.74, 6) is 0.638. The van der Waals surface area contributed by atoms with Crippen molar-refractivity contribution in [1.82, 2.24) is 0 Å². The van der Waals surface area contributed by atoms with Crippen LogP contribution in [0.3, 0.4) is 0 Å². The van der Waals surface area contributed by atoms with Gasteiger partial charge in [0, 0.05) is 18.9 Å². The lowest BCUT2D eigenvalue weighted by molar-refractivity contribution is 0.130. The van der Waals surface area contributed by atoms with Crippen molar-refractivity contribution < 1.29 is 19.0 Å². The number of carbonyl (C=O) groups excluding carboxylic acids is 1. The number of hydrogen-bond acceptors (Lipinski definition) is 4. The summed E-state index contributed by atoms with van der Waals surface area (Å²) in [6, 6.07) is 5.28. The molecule has 19 heavy (non-hydrogen) atoms. The molecule has 0 bridgehead atoms. The lowest BCUT2D eigenvalue weighted by Crippen LogP contribution is -2.18. The van der Waals surface area contributed by atoms with Crippen LogP contribution in [0.1, 0.15) is 13.8 Å². The fourth-order valence-corrected chi connectivity index (χ4v) is 1.65. The summed E-state index contributed by atoms with van der Waals surface area (Å²) in [6.45, 7) is 4.52. The summed E-state index contributed by atoms with van der Waals surface area (Å²) in [5, 5.41) is 2.64. The van der Waals surface area contributed by atoms with E-state index >= 15 is 0 Å². The highest BCUT2D eigenvalue weighted by Crippen LogP contribution is 2.28. The van der Waals surface area contributed by atoms with E-state index < -0.39 is 6.09 Å². The van der Waals surface area contributed by atoms with Crippen molar-refractivity contribution in [1.29, 1.82) is 0 Å². The first-order valence-electron chi connectivity index (χ1n) is 5.92. The molecule has 0 saturated carbocycles. The average molecular weight is 332 g/mol. The second-order valence-electron chi connectivity index (χ2n) is 4.07. The number of carbonyl (C=O) groups is 1. The van der Waals surface area contributed by atoms with E-state index in [1.54, 1.807) is 39.2 Å². The van der Waals surface area contributed by atoms with Gasteiger partial charge in [0.25, 0.3) is 0 Å². The van der Waals surface area contributed by atoms with E-state index in [2.05, 4.69) is 21.2 Å². The molecule has 0 heterocycles. The smallest absolute Gasteiger partial charge is 0.411 e. The molecule has 0 aromatic heterocycles. The highest BCUT2D eigenvalue weighted by atomic mass is 79.9. The van der Waals surface area contributed by atoms with Gasteiger partial charge < -0.3 is 14.2 Å². The van der Waals surface area contributed by atoms with Crippen LogP contribution >= 0.6 is 15.9 Å². The van der Waals surface area contributed by atoms with E-state index in [0.29, 0.717) is 24.7 Å². The Morgan fingerprint density at radius 3 is 2.74 bits per heavy atom. The molecule has 0 aliphatic rings. The van der Waals surface area contributed by atoms with Gasteiger partial charge in [0.1, 0.15) is 12.4 Å². The molecule has 1 aromatic rings. The summed E-state index contributed by atoms with van der Waals surface area (Å²) < 4.78 is 16.2. The molecule has 0 aliphatic carbocycles. The van der Waals surface area contributed by atoms with Crippen molar-refractivity contribution in [3.05, 3.63) is 22.7 Å². The second-order valence-corrected chi connectivity index (χ2v) is 4.92. The number of hydrogen-bond donors (Lipinski definition) is 1. The number of amides is 1. The molecule has 0 radical (unpaired) electrons.